The Bertz CT molecular complexity index is 818. The van der Waals surface area contributed by atoms with Gasteiger partial charge in [-0.15, -0.1) is 0 Å². The van der Waals surface area contributed by atoms with Crippen molar-refractivity contribution in [3.05, 3.63) is 18.2 Å². The summed E-state index contributed by atoms with van der Waals surface area (Å²) in [6, 6.07) is -5.68. The molecule has 1 aromatic rings. The number of aliphatic hydroxyl groups is 1. The molecule has 0 bridgehead atoms. The summed E-state index contributed by atoms with van der Waals surface area (Å²) in [4.78, 5) is 65.9. The maximum Gasteiger partial charge on any atom is 0.327 e. The number of nitrogens with zero attached hydrogens (tertiary/aromatic N) is 1. The Labute approximate surface area is 187 Å². The van der Waals surface area contributed by atoms with Crippen LogP contribution in [0.2, 0.25) is 0 Å². The molecule has 14 nitrogen and oxygen atoms in total. The molecule has 15 heteroatoms. The number of carboxylic acid groups (broad SMARTS) is 2. The largest absolute Gasteiger partial charge is 0.481 e. The summed E-state index contributed by atoms with van der Waals surface area (Å²) < 4.78 is 0. The topological polar surface area (TPSA) is 237 Å². The fourth-order valence-electron chi connectivity index (χ4n) is 2.49. The third kappa shape index (κ3) is 8.52. The molecule has 0 spiro atoms. The highest BCUT2D eigenvalue weighted by Crippen LogP contribution is 2.03. The van der Waals surface area contributed by atoms with E-state index in [0.717, 1.165) is 0 Å². The van der Waals surface area contributed by atoms with Gasteiger partial charge in [-0.2, -0.15) is 12.6 Å². The van der Waals surface area contributed by atoms with Gasteiger partial charge in [-0.25, -0.2) is 9.78 Å². The first kappa shape index (κ1) is 26.9. The zero-order chi connectivity index (χ0) is 24.4. The van der Waals surface area contributed by atoms with Gasteiger partial charge in [0.05, 0.1) is 24.9 Å². The Hall–Kier alpha value is -3.17. The minimum atomic E-state index is -1.56. The number of H-pyrrole nitrogens is 1. The summed E-state index contributed by atoms with van der Waals surface area (Å²) in [5.41, 5.74) is 5.95. The van der Waals surface area contributed by atoms with Crippen LogP contribution in [0.5, 0.6) is 0 Å². The summed E-state index contributed by atoms with van der Waals surface area (Å²) in [7, 11) is 0. The molecule has 0 saturated carbocycles. The number of carbonyl (C=O) groups excluding carboxylic acids is 3. The summed E-state index contributed by atoms with van der Waals surface area (Å²) in [6.07, 6.45) is 0.485. The molecular formula is C17H26N6O8S. The first-order valence-electron chi connectivity index (χ1n) is 9.33. The van der Waals surface area contributed by atoms with Crippen molar-refractivity contribution in [2.75, 3.05) is 5.75 Å². The smallest absolute Gasteiger partial charge is 0.327 e. The van der Waals surface area contributed by atoms with Gasteiger partial charge < -0.3 is 42.0 Å². The van der Waals surface area contributed by atoms with Gasteiger partial charge in [0.1, 0.15) is 18.1 Å². The minimum Gasteiger partial charge on any atom is -0.481 e. The van der Waals surface area contributed by atoms with Crippen LogP contribution < -0.4 is 21.7 Å². The first-order valence-corrected chi connectivity index (χ1v) is 9.97. The molecule has 0 radical (unpaired) electrons. The molecule has 0 aromatic carbocycles. The Morgan fingerprint density at radius 3 is 2.19 bits per heavy atom. The number of nitrogens with two attached hydrogens (primary N) is 1. The maximum atomic E-state index is 12.8. The van der Waals surface area contributed by atoms with E-state index < -0.39 is 66.4 Å². The number of amides is 3. The number of hydrogen-bond acceptors (Lipinski definition) is 9. The fraction of sp³-hybridized carbons (Fsp3) is 0.529. The molecule has 5 atom stereocenters. The normalized spacial score (nSPS) is 15.5. The zero-order valence-electron chi connectivity index (χ0n) is 17.0. The fourth-order valence-corrected chi connectivity index (χ4v) is 2.74. The van der Waals surface area contributed by atoms with Gasteiger partial charge in [0.25, 0.3) is 0 Å². The van der Waals surface area contributed by atoms with Gasteiger partial charge >= 0.3 is 11.9 Å². The number of carbonyl (C=O) groups is 5. The van der Waals surface area contributed by atoms with E-state index in [2.05, 4.69) is 38.5 Å². The van der Waals surface area contributed by atoms with Gasteiger partial charge in [-0.05, 0) is 6.92 Å². The third-order valence-electron chi connectivity index (χ3n) is 4.20. The first-order chi connectivity index (χ1) is 15.0. The van der Waals surface area contributed by atoms with Crippen LogP contribution >= 0.6 is 12.6 Å². The molecule has 0 saturated heterocycles. The standard InChI is InChI=1S/C17H26N6O8S/c1-7(24)13(16(29)22-11(5-32)17(30)31)23-15(28)10(2-8-4-19-6-20-8)21-14(27)9(18)3-12(25)26/h4,6-7,9-11,13,24,32H,2-3,5,18H2,1H3,(H,19,20)(H,21,27)(H,22,29)(H,23,28)(H,25,26)(H,30,31). The van der Waals surface area contributed by atoms with Gasteiger partial charge in [-0.3, -0.25) is 19.2 Å². The molecule has 9 N–H and O–H groups in total. The van der Waals surface area contributed by atoms with Crippen LogP contribution in [0.4, 0.5) is 0 Å². The van der Waals surface area contributed by atoms with Crippen LogP contribution in [0.3, 0.4) is 0 Å². The Morgan fingerprint density at radius 2 is 1.72 bits per heavy atom. The van der Waals surface area contributed by atoms with Crippen LogP contribution in [-0.4, -0.2) is 91.0 Å². The van der Waals surface area contributed by atoms with Crippen molar-refractivity contribution >= 4 is 42.3 Å². The average Bonchev–Trinajstić information content (AvgIpc) is 3.21. The quantitative estimate of drug-likeness (QED) is 0.128. The van der Waals surface area contributed by atoms with E-state index in [-0.39, 0.29) is 12.2 Å². The van der Waals surface area contributed by atoms with Crippen molar-refractivity contribution in [3.8, 4) is 0 Å². The lowest BCUT2D eigenvalue weighted by Crippen LogP contribution is -2.60. The van der Waals surface area contributed by atoms with Crippen molar-refractivity contribution in [3.63, 3.8) is 0 Å². The molecule has 32 heavy (non-hydrogen) atoms. The van der Waals surface area contributed by atoms with Crippen LogP contribution in [0.25, 0.3) is 0 Å². The highest BCUT2D eigenvalue weighted by Gasteiger charge is 2.33. The molecule has 0 aliphatic rings. The Morgan fingerprint density at radius 1 is 1.09 bits per heavy atom. The lowest BCUT2D eigenvalue weighted by molar-refractivity contribution is -0.142. The van der Waals surface area contributed by atoms with E-state index >= 15 is 0 Å². The Kier molecular flexibility index (Phi) is 10.6. The molecule has 178 valence electrons. The highest BCUT2D eigenvalue weighted by molar-refractivity contribution is 7.80. The zero-order valence-corrected chi connectivity index (χ0v) is 17.9. The average molecular weight is 474 g/mol. The number of thiol groups is 1. The van der Waals surface area contributed by atoms with Crippen molar-refractivity contribution in [1.29, 1.82) is 0 Å². The number of rotatable bonds is 13. The van der Waals surface area contributed by atoms with Gasteiger partial charge in [0, 0.05) is 24.1 Å². The van der Waals surface area contributed by atoms with Crippen molar-refractivity contribution < 1.29 is 39.3 Å². The van der Waals surface area contributed by atoms with E-state index in [9.17, 15) is 29.1 Å². The van der Waals surface area contributed by atoms with Crippen molar-refractivity contribution in [1.82, 2.24) is 25.9 Å². The highest BCUT2D eigenvalue weighted by atomic mass is 32.1. The van der Waals surface area contributed by atoms with E-state index in [1.165, 1.54) is 19.4 Å². The summed E-state index contributed by atoms with van der Waals surface area (Å²) in [5.74, 6) is -5.72. The van der Waals surface area contributed by atoms with Gasteiger partial charge in [0.15, 0.2) is 0 Å². The lowest BCUT2D eigenvalue weighted by atomic mass is 10.1. The predicted octanol–water partition coefficient (Wildman–Crippen LogP) is -3.40. The number of imidazole rings is 1. The SMILES string of the molecule is CC(O)C(NC(=O)C(Cc1cnc[nH]1)NC(=O)C(N)CC(=O)O)C(=O)NC(CS)C(=O)O. The molecule has 0 fully saturated rings. The second kappa shape index (κ2) is 12.6. The predicted molar refractivity (Wildman–Crippen MR) is 111 cm³/mol. The van der Waals surface area contributed by atoms with Crippen molar-refractivity contribution in [2.45, 2.75) is 50.0 Å². The van der Waals surface area contributed by atoms with Crippen LogP contribution in [0.15, 0.2) is 12.5 Å². The summed E-state index contributed by atoms with van der Waals surface area (Å²) in [5, 5.41) is 34.5. The van der Waals surface area contributed by atoms with E-state index in [1.54, 1.807) is 0 Å². The summed E-state index contributed by atoms with van der Waals surface area (Å²) in [6.45, 7) is 1.20. The molecular weight excluding hydrogens is 448 g/mol. The molecule has 1 rings (SSSR count). The number of hydrogen-bond donors (Lipinski definition) is 9. The molecule has 0 aliphatic heterocycles. The molecule has 1 aromatic heterocycles. The summed E-state index contributed by atoms with van der Waals surface area (Å²) >= 11 is 3.83. The second-order valence-electron chi connectivity index (χ2n) is 6.86. The minimum absolute atomic E-state index is 0.125. The van der Waals surface area contributed by atoms with E-state index in [4.69, 9.17) is 15.9 Å². The monoisotopic (exact) mass is 474 g/mol. The van der Waals surface area contributed by atoms with Crippen LogP contribution in [0, 0.1) is 0 Å². The van der Waals surface area contributed by atoms with Crippen LogP contribution in [0.1, 0.15) is 19.0 Å². The number of aliphatic hydroxyl groups excluding tert-OH is 1. The molecule has 5 unspecified atom stereocenters. The van der Waals surface area contributed by atoms with Gasteiger partial charge in [0.2, 0.25) is 17.7 Å². The number of aromatic amines is 1. The van der Waals surface area contributed by atoms with Crippen LogP contribution in [-0.2, 0) is 30.4 Å². The maximum absolute atomic E-state index is 12.8. The molecule has 1 heterocycles. The van der Waals surface area contributed by atoms with Crippen molar-refractivity contribution in [2.24, 2.45) is 5.73 Å². The number of carboxylic acids is 2. The number of aromatic nitrogens is 2. The Balaban J connectivity index is 2.99. The second-order valence-corrected chi connectivity index (χ2v) is 7.22. The molecule has 3 amide bonds. The van der Waals surface area contributed by atoms with E-state index in [1.807, 2.05) is 0 Å². The third-order valence-corrected chi connectivity index (χ3v) is 4.57. The van der Waals surface area contributed by atoms with E-state index in [0.29, 0.717) is 5.69 Å². The lowest BCUT2D eigenvalue weighted by Gasteiger charge is -2.26. The number of aliphatic carboxylic acids is 2. The number of nitrogens with one attached hydrogen (secondary N) is 4. The molecule has 0 aliphatic carbocycles. The van der Waals surface area contributed by atoms with Gasteiger partial charge in [-0.1, -0.05) is 0 Å².